The quantitative estimate of drug-likeness (QED) is 0.628. The summed E-state index contributed by atoms with van der Waals surface area (Å²) in [6.07, 6.45) is -1.48. The molecule has 1 saturated carbocycles. The lowest BCUT2D eigenvalue weighted by Gasteiger charge is -2.12. The fraction of sp³-hybridized carbons (Fsp3) is 0.381. The molecule has 0 radical (unpaired) electrons. The molecule has 1 aliphatic rings. The number of halogens is 3. The van der Waals surface area contributed by atoms with E-state index in [0.717, 1.165) is 24.0 Å². The molecule has 0 aliphatic heterocycles. The van der Waals surface area contributed by atoms with Gasteiger partial charge in [0, 0.05) is 23.7 Å². The molecule has 0 saturated heterocycles. The van der Waals surface area contributed by atoms with Gasteiger partial charge in [-0.25, -0.2) is 9.50 Å². The maximum atomic E-state index is 12.5. The van der Waals surface area contributed by atoms with Gasteiger partial charge in [-0.1, -0.05) is 6.07 Å². The zero-order valence-corrected chi connectivity index (χ0v) is 16.7. The van der Waals surface area contributed by atoms with Crippen molar-refractivity contribution in [1.82, 2.24) is 19.9 Å². The number of aryl methyl sites for hydroxylation is 2. The van der Waals surface area contributed by atoms with E-state index < -0.39 is 12.6 Å². The Morgan fingerprint density at radius 3 is 2.67 bits per heavy atom. The van der Waals surface area contributed by atoms with Crippen LogP contribution in [-0.2, 0) is 0 Å². The monoisotopic (exact) mass is 417 g/mol. The van der Waals surface area contributed by atoms with Crippen LogP contribution in [0.1, 0.15) is 40.9 Å². The second kappa shape index (κ2) is 7.62. The maximum Gasteiger partial charge on any atom is 0.390 e. The van der Waals surface area contributed by atoms with Gasteiger partial charge in [-0.2, -0.15) is 18.3 Å². The number of nitrogens with one attached hydrogen (secondary N) is 2. The molecule has 1 fully saturated rings. The molecule has 0 spiro atoms. The molecule has 2 N–H and O–H groups in total. The first-order valence-corrected chi connectivity index (χ1v) is 9.79. The summed E-state index contributed by atoms with van der Waals surface area (Å²) in [7, 11) is 0. The van der Waals surface area contributed by atoms with Crippen LogP contribution in [0, 0.1) is 13.8 Å². The van der Waals surface area contributed by atoms with E-state index in [9.17, 15) is 18.0 Å². The number of imidazole rings is 1. The van der Waals surface area contributed by atoms with E-state index in [-0.39, 0.29) is 18.5 Å². The predicted molar refractivity (Wildman–Crippen MR) is 108 cm³/mol. The third-order valence-electron chi connectivity index (χ3n) is 4.99. The Morgan fingerprint density at radius 2 is 2.00 bits per heavy atom. The van der Waals surface area contributed by atoms with Crippen molar-refractivity contribution in [3.8, 4) is 11.3 Å². The van der Waals surface area contributed by atoms with Crippen molar-refractivity contribution in [2.24, 2.45) is 0 Å². The summed E-state index contributed by atoms with van der Waals surface area (Å²) < 4.78 is 39.0. The largest absolute Gasteiger partial charge is 0.390 e. The number of fused-ring (bicyclic) bond motifs is 1. The van der Waals surface area contributed by atoms with Gasteiger partial charge >= 0.3 is 6.18 Å². The van der Waals surface area contributed by atoms with Crippen molar-refractivity contribution in [3.05, 3.63) is 47.3 Å². The molecule has 0 bridgehead atoms. The number of nitrogens with zero attached hydrogens (tertiary/aromatic N) is 3. The molecule has 2 heterocycles. The van der Waals surface area contributed by atoms with Crippen molar-refractivity contribution in [2.45, 2.75) is 45.3 Å². The van der Waals surface area contributed by atoms with E-state index >= 15 is 0 Å². The van der Waals surface area contributed by atoms with Gasteiger partial charge in [0.2, 0.25) is 0 Å². The van der Waals surface area contributed by atoms with Gasteiger partial charge in [0.15, 0.2) is 5.65 Å². The third kappa shape index (κ3) is 4.39. The van der Waals surface area contributed by atoms with Gasteiger partial charge in [-0.3, -0.25) is 4.79 Å². The standard InChI is InChI=1S/C21H22F3N5O/c1-12-9-14(3-6-16(12)20(30)27-15-4-5-15)18-11-26-19-17(10-13(2)28-29(18)19)25-8-7-21(22,23)24/h3,6,9-11,15,25H,4-5,7-8H2,1-2H3,(H,27,30). The van der Waals surface area contributed by atoms with E-state index in [4.69, 9.17) is 0 Å². The highest BCUT2D eigenvalue weighted by Gasteiger charge is 2.27. The summed E-state index contributed by atoms with van der Waals surface area (Å²) in [6, 6.07) is 7.47. The van der Waals surface area contributed by atoms with Gasteiger partial charge < -0.3 is 10.6 Å². The number of carbonyl (C=O) groups is 1. The van der Waals surface area contributed by atoms with E-state index in [2.05, 4.69) is 20.7 Å². The lowest BCUT2D eigenvalue weighted by atomic mass is 10.0. The Bertz CT molecular complexity index is 1100. The second-order valence-electron chi connectivity index (χ2n) is 7.65. The molecule has 30 heavy (non-hydrogen) atoms. The van der Waals surface area contributed by atoms with Crippen LogP contribution in [0.2, 0.25) is 0 Å². The van der Waals surface area contributed by atoms with Crippen LogP contribution in [0.3, 0.4) is 0 Å². The Balaban J connectivity index is 1.63. The van der Waals surface area contributed by atoms with Crippen molar-refractivity contribution in [2.75, 3.05) is 11.9 Å². The first-order chi connectivity index (χ1) is 14.2. The first-order valence-electron chi connectivity index (χ1n) is 9.79. The number of hydrogen-bond acceptors (Lipinski definition) is 4. The Hall–Kier alpha value is -3.10. The smallest absolute Gasteiger partial charge is 0.382 e. The average Bonchev–Trinajstić information content (AvgIpc) is 3.36. The predicted octanol–water partition coefficient (Wildman–Crippen LogP) is 4.27. The summed E-state index contributed by atoms with van der Waals surface area (Å²) in [6.45, 7) is 3.40. The Kier molecular flexibility index (Phi) is 5.13. The third-order valence-corrected chi connectivity index (χ3v) is 4.99. The highest BCUT2D eigenvalue weighted by Crippen LogP contribution is 2.27. The highest BCUT2D eigenvalue weighted by molar-refractivity contribution is 5.96. The lowest BCUT2D eigenvalue weighted by molar-refractivity contribution is -0.131. The molecular formula is C21H22F3N5O. The van der Waals surface area contributed by atoms with Crippen LogP contribution in [0.25, 0.3) is 16.9 Å². The molecule has 158 valence electrons. The van der Waals surface area contributed by atoms with Crippen LogP contribution in [0.4, 0.5) is 18.9 Å². The SMILES string of the molecule is Cc1cc(NCCC(F)(F)F)c2ncc(-c3ccc(C(=O)NC4CC4)c(C)c3)n2n1. The molecular weight excluding hydrogens is 395 g/mol. The number of benzene rings is 1. The molecule has 0 unspecified atom stereocenters. The average molecular weight is 417 g/mol. The van der Waals surface area contributed by atoms with E-state index in [1.165, 1.54) is 0 Å². The number of anilines is 1. The summed E-state index contributed by atoms with van der Waals surface area (Å²) in [5.74, 6) is -0.0789. The van der Waals surface area contributed by atoms with Crippen molar-refractivity contribution >= 4 is 17.2 Å². The van der Waals surface area contributed by atoms with Gasteiger partial charge in [-0.05, 0) is 50.5 Å². The minimum atomic E-state index is -4.23. The summed E-state index contributed by atoms with van der Waals surface area (Å²) in [5.41, 5.74) is 4.57. The number of aromatic nitrogens is 3. The molecule has 4 rings (SSSR count). The number of amides is 1. The first kappa shape index (κ1) is 20.2. The van der Waals surface area contributed by atoms with Gasteiger partial charge in [0.25, 0.3) is 5.91 Å². The normalized spacial score (nSPS) is 14.2. The van der Waals surface area contributed by atoms with Crippen molar-refractivity contribution in [1.29, 1.82) is 0 Å². The van der Waals surface area contributed by atoms with Crippen LogP contribution >= 0.6 is 0 Å². The van der Waals surface area contributed by atoms with Crippen LogP contribution in [-0.4, -0.2) is 39.3 Å². The van der Waals surface area contributed by atoms with E-state index in [0.29, 0.717) is 28.3 Å². The van der Waals surface area contributed by atoms with Crippen LogP contribution in [0.5, 0.6) is 0 Å². The Labute approximate surface area is 171 Å². The van der Waals surface area contributed by atoms with Gasteiger partial charge in [-0.15, -0.1) is 0 Å². The molecule has 6 nitrogen and oxygen atoms in total. The van der Waals surface area contributed by atoms with Crippen LogP contribution < -0.4 is 10.6 Å². The maximum absolute atomic E-state index is 12.5. The molecule has 1 aromatic carbocycles. The molecule has 3 aromatic rings. The molecule has 1 amide bonds. The summed E-state index contributed by atoms with van der Waals surface area (Å²) in [4.78, 5) is 16.7. The molecule has 9 heteroatoms. The molecule has 0 atom stereocenters. The lowest BCUT2D eigenvalue weighted by Crippen LogP contribution is -2.26. The van der Waals surface area contributed by atoms with Crippen molar-refractivity contribution in [3.63, 3.8) is 0 Å². The zero-order valence-electron chi connectivity index (χ0n) is 16.7. The second-order valence-corrected chi connectivity index (χ2v) is 7.65. The fourth-order valence-corrected chi connectivity index (χ4v) is 3.33. The summed E-state index contributed by atoms with van der Waals surface area (Å²) in [5, 5.41) is 10.3. The van der Waals surface area contributed by atoms with Crippen molar-refractivity contribution < 1.29 is 18.0 Å². The highest BCUT2D eigenvalue weighted by atomic mass is 19.4. The number of alkyl halides is 3. The van der Waals surface area contributed by atoms with Gasteiger partial charge in [0.05, 0.1) is 29.7 Å². The van der Waals surface area contributed by atoms with Gasteiger partial charge in [0.1, 0.15) is 0 Å². The minimum absolute atomic E-state index is 0.0789. The van der Waals surface area contributed by atoms with E-state index in [1.54, 1.807) is 29.8 Å². The number of carbonyl (C=O) groups excluding carboxylic acids is 1. The number of rotatable bonds is 6. The fourth-order valence-electron chi connectivity index (χ4n) is 3.33. The van der Waals surface area contributed by atoms with Crippen LogP contribution in [0.15, 0.2) is 30.5 Å². The zero-order chi connectivity index (χ0) is 21.5. The topological polar surface area (TPSA) is 71.3 Å². The number of hydrogen-bond donors (Lipinski definition) is 2. The minimum Gasteiger partial charge on any atom is -0.382 e. The molecule has 1 aliphatic carbocycles. The molecule has 2 aromatic heterocycles. The summed E-state index contributed by atoms with van der Waals surface area (Å²) >= 11 is 0. The van der Waals surface area contributed by atoms with E-state index in [1.807, 2.05) is 19.1 Å². The Morgan fingerprint density at radius 1 is 1.23 bits per heavy atom.